The molecule has 2 aromatic heterocycles. The van der Waals surface area contributed by atoms with E-state index in [2.05, 4.69) is 15.4 Å². The van der Waals surface area contributed by atoms with E-state index in [-0.39, 0.29) is 5.91 Å². The van der Waals surface area contributed by atoms with Crippen molar-refractivity contribution in [3.05, 3.63) is 23.0 Å². The average Bonchev–Trinajstić information content (AvgIpc) is 3.12. The maximum absolute atomic E-state index is 12.8. The summed E-state index contributed by atoms with van der Waals surface area (Å²) in [7, 11) is 3.78. The summed E-state index contributed by atoms with van der Waals surface area (Å²) < 4.78 is 1.74. The van der Waals surface area contributed by atoms with Gasteiger partial charge in [0.05, 0.1) is 11.9 Å². The third-order valence-electron chi connectivity index (χ3n) is 4.12. The Morgan fingerprint density at radius 3 is 2.82 bits per heavy atom. The summed E-state index contributed by atoms with van der Waals surface area (Å²) in [4.78, 5) is 19.9. The molecule has 1 N–H and O–H groups in total. The monoisotopic (exact) mass is 319 g/mol. The Labute approximate surface area is 134 Å². The molecular formula is C15H21N5OS. The van der Waals surface area contributed by atoms with Gasteiger partial charge in [-0.15, -0.1) is 11.3 Å². The van der Waals surface area contributed by atoms with Crippen LogP contribution < -0.4 is 5.32 Å². The molecular weight excluding hydrogens is 298 g/mol. The lowest BCUT2D eigenvalue weighted by Gasteiger charge is -2.31. The average molecular weight is 319 g/mol. The summed E-state index contributed by atoms with van der Waals surface area (Å²) >= 11 is 1.46. The van der Waals surface area contributed by atoms with Crippen LogP contribution >= 0.6 is 11.3 Å². The van der Waals surface area contributed by atoms with Crippen LogP contribution in [0.15, 0.2) is 12.4 Å². The molecule has 1 amide bonds. The van der Waals surface area contributed by atoms with Crippen molar-refractivity contribution in [3.8, 4) is 10.6 Å². The molecule has 2 aromatic rings. The van der Waals surface area contributed by atoms with Gasteiger partial charge in [-0.25, -0.2) is 4.98 Å². The van der Waals surface area contributed by atoms with Gasteiger partial charge in [0.1, 0.15) is 9.88 Å². The van der Waals surface area contributed by atoms with E-state index < -0.39 is 0 Å². The second-order valence-corrected chi connectivity index (χ2v) is 6.73. The number of nitrogens with zero attached hydrogens (tertiary/aromatic N) is 4. The number of aryl methyl sites for hydroxylation is 2. The number of amides is 1. The zero-order valence-electron chi connectivity index (χ0n) is 13.2. The largest absolute Gasteiger partial charge is 0.338 e. The lowest BCUT2D eigenvalue weighted by Crippen LogP contribution is -2.43. The van der Waals surface area contributed by atoms with Gasteiger partial charge in [-0.3, -0.25) is 9.48 Å². The summed E-state index contributed by atoms with van der Waals surface area (Å²) in [6.45, 7) is 3.86. The highest BCUT2D eigenvalue weighted by Gasteiger charge is 2.26. The van der Waals surface area contributed by atoms with Gasteiger partial charge in [0.15, 0.2) is 0 Å². The van der Waals surface area contributed by atoms with Gasteiger partial charge >= 0.3 is 0 Å². The van der Waals surface area contributed by atoms with Crippen LogP contribution in [0.3, 0.4) is 0 Å². The molecule has 0 atom stereocenters. The van der Waals surface area contributed by atoms with E-state index in [0.717, 1.165) is 47.1 Å². The Bertz CT molecular complexity index is 671. The minimum atomic E-state index is 0.0806. The Balaban J connectivity index is 1.81. The Kier molecular flexibility index (Phi) is 4.26. The van der Waals surface area contributed by atoms with E-state index >= 15 is 0 Å². The van der Waals surface area contributed by atoms with Crippen molar-refractivity contribution >= 4 is 17.2 Å². The molecule has 0 spiro atoms. The Morgan fingerprint density at radius 2 is 2.18 bits per heavy atom. The smallest absolute Gasteiger partial charge is 0.265 e. The fourth-order valence-corrected chi connectivity index (χ4v) is 3.79. The van der Waals surface area contributed by atoms with Crippen LogP contribution in [-0.4, -0.2) is 51.8 Å². The second-order valence-electron chi connectivity index (χ2n) is 5.73. The highest BCUT2D eigenvalue weighted by atomic mass is 32.1. The van der Waals surface area contributed by atoms with Crippen molar-refractivity contribution in [2.45, 2.75) is 25.8 Å². The van der Waals surface area contributed by atoms with E-state index in [9.17, 15) is 4.79 Å². The number of thiazole rings is 1. The number of carbonyl (C=O) groups excluding carboxylic acids is 1. The van der Waals surface area contributed by atoms with Gasteiger partial charge in [0.2, 0.25) is 0 Å². The van der Waals surface area contributed by atoms with Crippen molar-refractivity contribution in [1.29, 1.82) is 0 Å². The molecule has 1 saturated heterocycles. The van der Waals surface area contributed by atoms with Gasteiger partial charge < -0.3 is 10.2 Å². The first-order valence-corrected chi connectivity index (χ1v) is 8.32. The third kappa shape index (κ3) is 2.91. The number of piperidine rings is 1. The lowest BCUT2D eigenvalue weighted by molar-refractivity contribution is 0.0707. The maximum Gasteiger partial charge on any atom is 0.265 e. The zero-order chi connectivity index (χ0) is 15.7. The van der Waals surface area contributed by atoms with Gasteiger partial charge in [-0.05, 0) is 32.9 Å². The van der Waals surface area contributed by atoms with Gasteiger partial charge in [0.25, 0.3) is 5.91 Å². The summed E-state index contributed by atoms with van der Waals surface area (Å²) in [5.74, 6) is 0.0806. The SMILES string of the molecule is Cc1nc(-c2cnn(C)c2)sc1C(=O)N(C)C1CCNCC1. The maximum atomic E-state index is 12.8. The molecule has 0 saturated carbocycles. The van der Waals surface area contributed by atoms with E-state index in [1.807, 2.05) is 32.1 Å². The van der Waals surface area contributed by atoms with Crippen LogP contribution in [0.5, 0.6) is 0 Å². The molecule has 3 heterocycles. The van der Waals surface area contributed by atoms with Crippen molar-refractivity contribution in [3.63, 3.8) is 0 Å². The van der Waals surface area contributed by atoms with Crippen LogP contribution in [0, 0.1) is 6.92 Å². The number of rotatable bonds is 3. The van der Waals surface area contributed by atoms with Gasteiger partial charge in [0, 0.05) is 31.9 Å². The molecule has 22 heavy (non-hydrogen) atoms. The third-order valence-corrected chi connectivity index (χ3v) is 5.31. The molecule has 0 aliphatic carbocycles. The summed E-state index contributed by atoms with van der Waals surface area (Å²) in [5.41, 5.74) is 1.76. The molecule has 7 heteroatoms. The highest BCUT2D eigenvalue weighted by Crippen LogP contribution is 2.29. The molecule has 0 radical (unpaired) electrons. The molecule has 6 nitrogen and oxygen atoms in total. The number of nitrogens with one attached hydrogen (secondary N) is 1. The van der Waals surface area contributed by atoms with Crippen molar-refractivity contribution < 1.29 is 4.79 Å². The molecule has 1 aliphatic rings. The Morgan fingerprint density at radius 1 is 1.45 bits per heavy atom. The van der Waals surface area contributed by atoms with Crippen molar-refractivity contribution in [2.75, 3.05) is 20.1 Å². The normalized spacial score (nSPS) is 16.0. The predicted molar refractivity (Wildman–Crippen MR) is 87.0 cm³/mol. The first kappa shape index (κ1) is 15.2. The summed E-state index contributed by atoms with van der Waals surface area (Å²) in [5, 5.41) is 8.35. The van der Waals surface area contributed by atoms with Crippen LogP contribution in [-0.2, 0) is 7.05 Å². The van der Waals surface area contributed by atoms with Gasteiger partial charge in [-0.2, -0.15) is 5.10 Å². The zero-order valence-corrected chi connectivity index (χ0v) is 14.0. The van der Waals surface area contributed by atoms with E-state index in [4.69, 9.17) is 0 Å². The first-order chi connectivity index (χ1) is 10.6. The topological polar surface area (TPSA) is 63.1 Å². The lowest BCUT2D eigenvalue weighted by atomic mass is 10.1. The van der Waals surface area contributed by atoms with E-state index in [1.54, 1.807) is 10.9 Å². The Hall–Kier alpha value is -1.73. The van der Waals surface area contributed by atoms with Crippen molar-refractivity contribution in [1.82, 2.24) is 25.0 Å². The second kappa shape index (κ2) is 6.18. The summed E-state index contributed by atoms with van der Waals surface area (Å²) in [6, 6.07) is 0.317. The molecule has 3 rings (SSSR count). The van der Waals surface area contributed by atoms with Crippen LogP contribution in [0.1, 0.15) is 28.2 Å². The number of hydrogen-bond donors (Lipinski definition) is 1. The number of carbonyl (C=O) groups is 1. The minimum absolute atomic E-state index is 0.0806. The molecule has 0 aromatic carbocycles. The molecule has 118 valence electrons. The molecule has 1 fully saturated rings. The standard InChI is InChI=1S/C15H21N5OS/c1-10-13(15(21)20(3)12-4-6-16-7-5-12)22-14(18-10)11-8-17-19(2)9-11/h8-9,12,16H,4-7H2,1-3H3. The minimum Gasteiger partial charge on any atom is -0.338 e. The van der Waals surface area contributed by atoms with E-state index in [1.165, 1.54) is 11.3 Å². The molecule has 0 unspecified atom stereocenters. The van der Waals surface area contributed by atoms with Crippen LogP contribution in [0.4, 0.5) is 0 Å². The molecule has 0 bridgehead atoms. The number of hydrogen-bond acceptors (Lipinski definition) is 5. The van der Waals surface area contributed by atoms with Crippen LogP contribution in [0.2, 0.25) is 0 Å². The highest BCUT2D eigenvalue weighted by molar-refractivity contribution is 7.17. The predicted octanol–water partition coefficient (Wildman–Crippen LogP) is 1.68. The van der Waals surface area contributed by atoms with Gasteiger partial charge in [-0.1, -0.05) is 0 Å². The van der Waals surface area contributed by atoms with E-state index in [0.29, 0.717) is 6.04 Å². The van der Waals surface area contributed by atoms with Crippen LogP contribution in [0.25, 0.3) is 10.6 Å². The van der Waals surface area contributed by atoms with Crippen molar-refractivity contribution in [2.24, 2.45) is 7.05 Å². The number of aromatic nitrogens is 3. The fourth-order valence-electron chi connectivity index (χ4n) is 2.77. The first-order valence-electron chi connectivity index (χ1n) is 7.50. The summed E-state index contributed by atoms with van der Waals surface area (Å²) in [6.07, 6.45) is 5.72. The molecule has 1 aliphatic heterocycles. The quantitative estimate of drug-likeness (QED) is 0.935. The fraction of sp³-hybridized carbons (Fsp3) is 0.533.